The van der Waals surface area contributed by atoms with E-state index in [2.05, 4.69) is 15.9 Å². The van der Waals surface area contributed by atoms with E-state index < -0.39 is 11.7 Å². The lowest BCUT2D eigenvalue weighted by atomic mass is 9.91. The average Bonchev–Trinajstić information content (AvgIpc) is 2.51. The van der Waals surface area contributed by atoms with Crippen LogP contribution >= 0.6 is 15.9 Å². The van der Waals surface area contributed by atoms with Gasteiger partial charge in [0.05, 0.1) is 11.7 Å². The van der Waals surface area contributed by atoms with Crippen molar-refractivity contribution in [3.63, 3.8) is 0 Å². The van der Waals surface area contributed by atoms with Crippen LogP contribution in [-0.4, -0.2) is 11.7 Å². The van der Waals surface area contributed by atoms with Crippen LogP contribution in [0.5, 0.6) is 0 Å². The fourth-order valence-corrected chi connectivity index (χ4v) is 3.55. The topological polar surface area (TPSA) is 29.5 Å². The van der Waals surface area contributed by atoms with Crippen molar-refractivity contribution in [3.05, 3.63) is 63.9 Å². The maximum absolute atomic E-state index is 13.7. The largest absolute Gasteiger partial charge is 0.443 e. The highest BCUT2D eigenvalue weighted by Gasteiger charge is 2.35. The van der Waals surface area contributed by atoms with Gasteiger partial charge >= 0.3 is 6.09 Å². The van der Waals surface area contributed by atoms with Gasteiger partial charge in [-0.3, -0.25) is 4.90 Å². The van der Waals surface area contributed by atoms with E-state index in [9.17, 15) is 9.18 Å². The number of hydrogen-bond donors (Lipinski definition) is 0. The van der Waals surface area contributed by atoms with Gasteiger partial charge in [0.1, 0.15) is 11.4 Å². The van der Waals surface area contributed by atoms with E-state index >= 15 is 0 Å². The van der Waals surface area contributed by atoms with Crippen LogP contribution in [0.15, 0.2) is 46.9 Å². The third-order valence-corrected chi connectivity index (χ3v) is 4.62. The number of aryl methyl sites for hydroxylation is 1. The number of amides is 1. The summed E-state index contributed by atoms with van der Waals surface area (Å²) in [6.07, 6.45) is 1.12. The Morgan fingerprint density at radius 2 is 2.00 bits per heavy atom. The van der Waals surface area contributed by atoms with E-state index in [0.717, 1.165) is 27.7 Å². The predicted molar refractivity (Wildman–Crippen MR) is 100 cm³/mol. The van der Waals surface area contributed by atoms with Gasteiger partial charge in [0.2, 0.25) is 0 Å². The van der Waals surface area contributed by atoms with Crippen molar-refractivity contribution in [1.29, 1.82) is 0 Å². The summed E-state index contributed by atoms with van der Waals surface area (Å²) in [6, 6.07) is 12.0. The van der Waals surface area contributed by atoms with Crippen LogP contribution < -0.4 is 4.90 Å². The quantitative estimate of drug-likeness (QED) is 0.580. The van der Waals surface area contributed by atoms with Gasteiger partial charge in [0.25, 0.3) is 0 Å². The van der Waals surface area contributed by atoms with Gasteiger partial charge < -0.3 is 4.74 Å². The maximum atomic E-state index is 13.7. The number of rotatable bonds is 1. The molecule has 0 N–H and O–H groups in total. The predicted octanol–water partition coefficient (Wildman–Crippen LogP) is 6.02. The van der Waals surface area contributed by atoms with E-state index in [1.807, 2.05) is 45.0 Å². The summed E-state index contributed by atoms with van der Waals surface area (Å²) in [5, 5.41) is 0. The number of halogens is 2. The molecular weight excluding hydrogens is 385 g/mol. The molecule has 0 aromatic heterocycles. The fourth-order valence-electron chi connectivity index (χ4n) is 3.14. The molecule has 0 bridgehead atoms. The normalized spacial score (nSPS) is 17.2. The van der Waals surface area contributed by atoms with Crippen LogP contribution in [0.2, 0.25) is 0 Å². The van der Waals surface area contributed by atoms with E-state index in [4.69, 9.17) is 4.74 Å². The fraction of sp³-hybridized carbons (Fsp3) is 0.350. The lowest BCUT2D eigenvalue weighted by Crippen LogP contribution is -2.42. The molecule has 1 amide bonds. The van der Waals surface area contributed by atoms with Gasteiger partial charge in [-0.2, -0.15) is 0 Å². The molecule has 0 spiro atoms. The standard InChI is InChI=1S/C20H21BrFNO2/c1-20(2,3)25-19(24)23-17(13-5-4-6-16(22)12-13)9-7-14-11-15(21)8-10-18(14)23/h4-6,8,10-12,17H,7,9H2,1-3H3. The first kappa shape index (κ1) is 17.9. The molecule has 0 aliphatic carbocycles. The highest BCUT2D eigenvalue weighted by atomic mass is 79.9. The van der Waals surface area contributed by atoms with Crippen molar-refractivity contribution in [1.82, 2.24) is 0 Å². The molecule has 1 heterocycles. The summed E-state index contributed by atoms with van der Waals surface area (Å²) < 4.78 is 20.3. The molecule has 2 aromatic rings. The lowest BCUT2D eigenvalue weighted by molar-refractivity contribution is 0.0560. The molecule has 2 aromatic carbocycles. The molecular formula is C20H21BrFNO2. The summed E-state index contributed by atoms with van der Waals surface area (Å²) in [6.45, 7) is 5.53. The van der Waals surface area contributed by atoms with Crippen LogP contribution in [-0.2, 0) is 11.2 Å². The van der Waals surface area contributed by atoms with E-state index in [-0.39, 0.29) is 11.9 Å². The number of ether oxygens (including phenoxy) is 1. The molecule has 1 unspecified atom stereocenters. The molecule has 25 heavy (non-hydrogen) atoms. The minimum Gasteiger partial charge on any atom is -0.443 e. The Labute approximate surface area is 155 Å². The molecule has 1 atom stereocenters. The number of benzene rings is 2. The number of fused-ring (bicyclic) bond motifs is 1. The number of anilines is 1. The van der Waals surface area contributed by atoms with Crippen molar-refractivity contribution in [3.8, 4) is 0 Å². The van der Waals surface area contributed by atoms with Crippen LogP contribution in [0.4, 0.5) is 14.9 Å². The molecule has 1 aliphatic rings. The molecule has 5 heteroatoms. The summed E-state index contributed by atoms with van der Waals surface area (Å²) in [5.41, 5.74) is 2.07. The second-order valence-corrected chi connectivity index (χ2v) is 8.15. The molecule has 3 rings (SSSR count). The van der Waals surface area contributed by atoms with Crippen molar-refractivity contribution in [2.75, 3.05) is 4.90 Å². The number of carbonyl (C=O) groups is 1. The zero-order chi connectivity index (χ0) is 18.2. The Morgan fingerprint density at radius 1 is 1.24 bits per heavy atom. The molecule has 0 saturated carbocycles. The number of carbonyl (C=O) groups excluding carboxylic acids is 1. The second kappa shape index (κ2) is 6.79. The molecule has 3 nitrogen and oxygen atoms in total. The Hall–Kier alpha value is -1.88. The zero-order valence-corrected chi connectivity index (χ0v) is 16.1. The second-order valence-electron chi connectivity index (χ2n) is 7.23. The lowest BCUT2D eigenvalue weighted by Gasteiger charge is -2.38. The van der Waals surface area contributed by atoms with Gasteiger partial charge in [0.15, 0.2) is 0 Å². The third-order valence-electron chi connectivity index (χ3n) is 4.12. The van der Waals surface area contributed by atoms with Gasteiger partial charge in [0, 0.05) is 4.47 Å². The van der Waals surface area contributed by atoms with Gasteiger partial charge in [-0.05, 0) is 75.1 Å². The Kier molecular flexibility index (Phi) is 4.87. The first-order valence-corrected chi connectivity index (χ1v) is 9.10. The minimum atomic E-state index is -0.601. The number of hydrogen-bond acceptors (Lipinski definition) is 2. The Bertz CT molecular complexity index is 801. The zero-order valence-electron chi connectivity index (χ0n) is 14.6. The summed E-state index contributed by atoms with van der Waals surface area (Å²) in [7, 11) is 0. The van der Waals surface area contributed by atoms with Crippen LogP contribution in [0, 0.1) is 5.82 Å². The monoisotopic (exact) mass is 405 g/mol. The maximum Gasteiger partial charge on any atom is 0.415 e. The van der Waals surface area contributed by atoms with Crippen molar-refractivity contribution in [2.24, 2.45) is 0 Å². The van der Waals surface area contributed by atoms with Gasteiger partial charge in [-0.1, -0.05) is 28.1 Å². The Balaban J connectivity index is 2.05. The first-order valence-electron chi connectivity index (χ1n) is 8.31. The van der Waals surface area contributed by atoms with Crippen LogP contribution in [0.25, 0.3) is 0 Å². The average molecular weight is 406 g/mol. The first-order chi connectivity index (χ1) is 11.7. The van der Waals surface area contributed by atoms with Crippen molar-refractivity contribution < 1.29 is 13.9 Å². The highest BCUT2D eigenvalue weighted by molar-refractivity contribution is 9.10. The molecule has 0 fully saturated rings. The summed E-state index contributed by atoms with van der Waals surface area (Å²) in [5.74, 6) is -0.303. The van der Waals surface area contributed by atoms with E-state index in [1.165, 1.54) is 12.1 Å². The SMILES string of the molecule is CC(C)(C)OC(=O)N1c2ccc(Br)cc2CCC1c1cccc(F)c1. The molecule has 0 saturated heterocycles. The highest BCUT2D eigenvalue weighted by Crippen LogP contribution is 2.40. The van der Waals surface area contributed by atoms with E-state index in [1.54, 1.807) is 11.0 Å². The smallest absolute Gasteiger partial charge is 0.415 e. The molecule has 0 radical (unpaired) electrons. The van der Waals surface area contributed by atoms with Crippen molar-refractivity contribution >= 4 is 27.7 Å². The van der Waals surface area contributed by atoms with Gasteiger partial charge in [-0.15, -0.1) is 0 Å². The minimum absolute atomic E-state index is 0.251. The molecule has 1 aliphatic heterocycles. The van der Waals surface area contributed by atoms with Crippen molar-refractivity contribution in [2.45, 2.75) is 45.3 Å². The Morgan fingerprint density at radius 3 is 2.68 bits per heavy atom. The summed E-state index contributed by atoms with van der Waals surface area (Å²) >= 11 is 3.48. The molecule has 132 valence electrons. The van der Waals surface area contributed by atoms with E-state index in [0.29, 0.717) is 6.42 Å². The summed E-state index contributed by atoms with van der Waals surface area (Å²) in [4.78, 5) is 14.6. The van der Waals surface area contributed by atoms with Crippen LogP contribution in [0.1, 0.15) is 44.4 Å². The third kappa shape index (κ3) is 4.03. The van der Waals surface area contributed by atoms with Gasteiger partial charge in [-0.25, -0.2) is 9.18 Å². The van der Waals surface area contributed by atoms with Crippen LogP contribution in [0.3, 0.4) is 0 Å². The number of nitrogens with zero attached hydrogens (tertiary/aromatic N) is 1.